The van der Waals surface area contributed by atoms with Crippen molar-refractivity contribution >= 4 is 28.8 Å². The Morgan fingerprint density at radius 2 is 2.25 bits per heavy atom. The van der Waals surface area contributed by atoms with E-state index in [-0.39, 0.29) is 5.91 Å². The predicted octanol–water partition coefficient (Wildman–Crippen LogP) is 1.88. The lowest BCUT2D eigenvalue weighted by molar-refractivity contribution is 0.0301. The third-order valence-electron chi connectivity index (χ3n) is 2.44. The van der Waals surface area contributed by atoms with Crippen LogP contribution in [0.3, 0.4) is 0 Å². The maximum absolute atomic E-state index is 12.1. The quantitative estimate of drug-likeness (QED) is 0.816. The number of thiophene rings is 1. The van der Waals surface area contributed by atoms with Crippen LogP contribution in [0.5, 0.6) is 5.75 Å². The lowest BCUT2D eigenvalue weighted by atomic mass is 10.2. The summed E-state index contributed by atoms with van der Waals surface area (Å²) < 4.78 is 10.8. The van der Waals surface area contributed by atoms with E-state index < -0.39 is 0 Å². The van der Waals surface area contributed by atoms with Crippen LogP contribution >= 0.6 is 22.9 Å². The van der Waals surface area contributed by atoms with E-state index in [1.165, 1.54) is 18.4 Å². The third kappa shape index (κ3) is 2.16. The SMILES string of the molecule is COc1c(C(=O)N2CCOCC2)csc1Cl. The molecule has 0 spiro atoms. The van der Waals surface area contributed by atoms with Crippen LogP contribution in [0.4, 0.5) is 0 Å². The summed E-state index contributed by atoms with van der Waals surface area (Å²) in [5, 5.41) is 1.74. The minimum absolute atomic E-state index is 0.0386. The van der Waals surface area contributed by atoms with Crippen LogP contribution in [0.15, 0.2) is 5.38 Å². The summed E-state index contributed by atoms with van der Waals surface area (Å²) in [5.41, 5.74) is 0.541. The molecule has 0 radical (unpaired) electrons. The van der Waals surface area contributed by atoms with Crippen LogP contribution in [-0.2, 0) is 4.74 Å². The molecule has 0 atom stereocenters. The first-order valence-electron chi connectivity index (χ1n) is 4.92. The first kappa shape index (κ1) is 11.7. The van der Waals surface area contributed by atoms with Gasteiger partial charge in [-0.25, -0.2) is 0 Å². The fourth-order valence-corrected chi connectivity index (χ4v) is 2.64. The van der Waals surface area contributed by atoms with Crippen LogP contribution in [0.1, 0.15) is 10.4 Å². The molecular formula is C10H12ClNO3S. The first-order valence-corrected chi connectivity index (χ1v) is 6.18. The van der Waals surface area contributed by atoms with Gasteiger partial charge in [-0.2, -0.15) is 0 Å². The Morgan fingerprint density at radius 1 is 1.56 bits per heavy atom. The van der Waals surface area contributed by atoms with Gasteiger partial charge in [0.2, 0.25) is 0 Å². The Bertz CT molecular complexity index is 387. The Labute approximate surface area is 103 Å². The van der Waals surface area contributed by atoms with E-state index in [2.05, 4.69) is 0 Å². The Balaban J connectivity index is 2.19. The Hall–Kier alpha value is -0.780. The fraction of sp³-hybridized carbons (Fsp3) is 0.500. The van der Waals surface area contributed by atoms with Crippen molar-refractivity contribution < 1.29 is 14.3 Å². The molecule has 88 valence electrons. The highest BCUT2D eigenvalue weighted by Crippen LogP contribution is 2.35. The van der Waals surface area contributed by atoms with E-state index >= 15 is 0 Å². The largest absolute Gasteiger partial charge is 0.493 e. The highest BCUT2D eigenvalue weighted by Gasteiger charge is 2.24. The average molecular weight is 262 g/mol. The van der Waals surface area contributed by atoms with Gasteiger partial charge < -0.3 is 14.4 Å². The molecule has 1 fully saturated rings. The second-order valence-corrected chi connectivity index (χ2v) is 4.84. The number of amides is 1. The summed E-state index contributed by atoms with van der Waals surface area (Å²) in [6, 6.07) is 0. The molecule has 1 aromatic heterocycles. The number of carbonyl (C=O) groups excluding carboxylic acids is 1. The zero-order valence-corrected chi connectivity index (χ0v) is 10.4. The van der Waals surface area contributed by atoms with Crippen molar-refractivity contribution in [2.75, 3.05) is 33.4 Å². The summed E-state index contributed by atoms with van der Waals surface area (Å²) >= 11 is 7.24. The van der Waals surface area contributed by atoms with Crippen LogP contribution in [-0.4, -0.2) is 44.2 Å². The zero-order valence-electron chi connectivity index (χ0n) is 8.86. The molecule has 2 rings (SSSR count). The number of nitrogens with zero attached hydrogens (tertiary/aromatic N) is 1. The molecule has 0 N–H and O–H groups in total. The fourth-order valence-electron chi connectivity index (χ4n) is 1.60. The van der Waals surface area contributed by atoms with Gasteiger partial charge in [-0.05, 0) is 0 Å². The molecule has 0 aromatic carbocycles. The van der Waals surface area contributed by atoms with Crippen LogP contribution in [0, 0.1) is 0 Å². The van der Waals surface area contributed by atoms with Gasteiger partial charge in [0.25, 0.3) is 5.91 Å². The number of ether oxygens (including phenoxy) is 2. The van der Waals surface area contributed by atoms with Crippen molar-refractivity contribution in [2.45, 2.75) is 0 Å². The smallest absolute Gasteiger partial charge is 0.258 e. The van der Waals surface area contributed by atoms with E-state index in [0.717, 1.165) is 0 Å². The van der Waals surface area contributed by atoms with Crippen molar-refractivity contribution in [3.05, 3.63) is 15.3 Å². The molecule has 1 amide bonds. The van der Waals surface area contributed by atoms with Crippen LogP contribution in [0.25, 0.3) is 0 Å². The van der Waals surface area contributed by atoms with E-state index in [4.69, 9.17) is 21.1 Å². The van der Waals surface area contributed by atoms with Gasteiger partial charge >= 0.3 is 0 Å². The summed E-state index contributed by atoms with van der Waals surface area (Å²) in [7, 11) is 1.52. The standard InChI is InChI=1S/C10H12ClNO3S/c1-14-8-7(6-16-9(8)11)10(13)12-2-4-15-5-3-12/h6H,2-5H2,1H3. The van der Waals surface area contributed by atoms with Gasteiger partial charge in [0, 0.05) is 18.5 Å². The van der Waals surface area contributed by atoms with E-state index in [1.807, 2.05) is 0 Å². The molecule has 0 saturated carbocycles. The minimum Gasteiger partial charge on any atom is -0.493 e. The summed E-state index contributed by atoms with van der Waals surface area (Å²) in [5.74, 6) is 0.437. The topological polar surface area (TPSA) is 38.8 Å². The zero-order chi connectivity index (χ0) is 11.5. The number of morpholine rings is 1. The second-order valence-electron chi connectivity index (χ2n) is 3.36. The maximum Gasteiger partial charge on any atom is 0.258 e. The Kier molecular flexibility index (Phi) is 3.68. The van der Waals surface area contributed by atoms with Crippen molar-refractivity contribution in [1.82, 2.24) is 4.90 Å². The van der Waals surface area contributed by atoms with Crippen molar-refractivity contribution in [1.29, 1.82) is 0 Å². The number of rotatable bonds is 2. The monoisotopic (exact) mass is 261 g/mol. The highest BCUT2D eigenvalue weighted by molar-refractivity contribution is 7.15. The van der Waals surface area contributed by atoms with Gasteiger partial charge in [-0.15, -0.1) is 11.3 Å². The van der Waals surface area contributed by atoms with E-state index in [9.17, 15) is 4.79 Å². The van der Waals surface area contributed by atoms with Crippen LogP contribution in [0.2, 0.25) is 4.34 Å². The normalized spacial score (nSPS) is 16.2. The van der Waals surface area contributed by atoms with E-state index in [0.29, 0.717) is 42.0 Å². The van der Waals surface area contributed by atoms with Gasteiger partial charge in [0.1, 0.15) is 4.34 Å². The molecule has 4 nitrogen and oxygen atoms in total. The lowest BCUT2D eigenvalue weighted by Crippen LogP contribution is -2.40. The first-order chi connectivity index (χ1) is 7.74. The molecule has 0 aliphatic carbocycles. The summed E-state index contributed by atoms with van der Waals surface area (Å²) in [6.45, 7) is 2.42. The second kappa shape index (κ2) is 5.03. The lowest BCUT2D eigenvalue weighted by Gasteiger charge is -2.26. The highest BCUT2D eigenvalue weighted by atomic mass is 35.5. The molecule has 1 aromatic rings. The number of methoxy groups -OCH3 is 1. The molecule has 6 heteroatoms. The van der Waals surface area contributed by atoms with Gasteiger partial charge in [0.05, 0.1) is 25.9 Å². The van der Waals surface area contributed by atoms with E-state index in [1.54, 1.807) is 10.3 Å². The number of hydrogen-bond donors (Lipinski definition) is 0. The molecule has 0 bridgehead atoms. The summed E-state index contributed by atoms with van der Waals surface area (Å²) in [4.78, 5) is 13.9. The van der Waals surface area contributed by atoms with Crippen LogP contribution < -0.4 is 4.74 Å². The predicted molar refractivity (Wildman–Crippen MR) is 62.6 cm³/mol. The maximum atomic E-state index is 12.1. The Morgan fingerprint density at radius 3 is 2.88 bits per heavy atom. The third-order valence-corrected chi connectivity index (χ3v) is 3.62. The molecule has 1 aliphatic rings. The minimum atomic E-state index is -0.0386. The number of hydrogen-bond acceptors (Lipinski definition) is 4. The molecule has 0 unspecified atom stereocenters. The molecule has 1 saturated heterocycles. The molecular weight excluding hydrogens is 250 g/mol. The average Bonchev–Trinajstić information content (AvgIpc) is 2.70. The van der Waals surface area contributed by atoms with Crippen molar-refractivity contribution in [2.24, 2.45) is 0 Å². The molecule has 1 aliphatic heterocycles. The van der Waals surface area contributed by atoms with Gasteiger partial charge in [-0.3, -0.25) is 4.79 Å². The van der Waals surface area contributed by atoms with Crippen molar-refractivity contribution in [3.63, 3.8) is 0 Å². The van der Waals surface area contributed by atoms with Gasteiger partial charge in [0.15, 0.2) is 5.75 Å². The molecule has 2 heterocycles. The van der Waals surface area contributed by atoms with Crippen molar-refractivity contribution in [3.8, 4) is 5.75 Å². The number of halogens is 1. The molecule has 16 heavy (non-hydrogen) atoms. The van der Waals surface area contributed by atoms with Gasteiger partial charge in [-0.1, -0.05) is 11.6 Å². The summed E-state index contributed by atoms with van der Waals surface area (Å²) in [6.07, 6.45) is 0. The number of carbonyl (C=O) groups is 1.